The van der Waals surface area contributed by atoms with Gasteiger partial charge in [0, 0.05) is 19.0 Å². The van der Waals surface area contributed by atoms with Crippen molar-refractivity contribution < 1.29 is 9.18 Å². The third-order valence-corrected chi connectivity index (χ3v) is 4.79. The first kappa shape index (κ1) is 16.4. The van der Waals surface area contributed by atoms with Gasteiger partial charge in [0.2, 0.25) is 5.91 Å². The summed E-state index contributed by atoms with van der Waals surface area (Å²) in [5.74, 6) is -0.00466. The van der Waals surface area contributed by atoms with Crippen LogP contribution in [0.2, 0.25) is 0 Å². The van der Waals surface area contributed by atoms with E-state index in [1.165, 1.54) is 12.4 Å². The van der Waals surface area contributed by atoms with Crippen LogP contribution in [0, 0.1) is 5.82 Å². The maximum atomic E-state index is 13.4. The second-order valence-corrected chi connectivity index (χ2v) is 6.47. The van der Waals surface area contributed by atoms with E-state index in [-0.39, 0.29) is 30.1 Å². The van der Waals surface area contributed by atoms with Crippen LogP contribution in [-0.4, -0.2) is 44.1 Å². The maximum Gasteiger partial charge on any atom is 0.225 e. The summed E-state index contributed by atoms with van der Waals surface area (Å²) in [7, 11) is 0. The topological polar surface area (TPSA) is 63.9 Å². The highest BCUT2D eigenvalue weighted by atomic mass is 19.1. The van der Waals surface area contributed by atoms with Gasteiger partial charge in [-0.25, -0.2) is 9.07 Å². The summed E-state index contributed by atoms with van der Waals surface area (Å²) in [6, 6.07) is 16.1. The monoisotopic (exact) mass is 351 g/mol. The SMILES string of the molecule is O=C(CC(c1ccccc1)n1cnnn1)N1CC(c2cccc(F)c2)C1. The van der Waals surface area contributed by atoms with E-state index in [9.17, 15) is 9.18 Å². The standard InChI is InChI=1S/C19H18FN5O/c20-17-8-4-7-15(9-17)16-11-24(12-16)19(26)10-18(25-13-21-22-23-25)14-5-2-1-3-6-14/h1-9,13,16,18H,10-12H2. The number of carbonyl (C=O) groups is 1. The number of carbonyl (C=O) groups excluding carboxylic acids is 1. The van der Waals surface area contributed by atoms with Crippen LogP contribution >= 0.6 is 0 Å². The van der Waals surface area contributed by atoms with E-state index in [0.29, 0.717) is 13.1 Å². The van der Waals surface area contributed by atoms with Crippen molar-refractivity contribution in [2.45, 2.75) is 18.4 Å². The van der Waals surface area contributed by atoms with Crippen molar-refractivity contribution in [3.05, 3.63) is 77.9 Å². The van der Waals surface area contributed by atoms with Crippen LogP contribution in [0.25, 0.3) is 0 Å². The van der Waals surface area contributed by atoms with E-state index < -0.39 is 0 Å². The Morgan fingerprint density at radius 1 is 1.15 bits per heavy atom. The molecule has 4 rings (SSSR count). The molecule has 0 radical (unpaired) electrons. The lowest BCUT2D eigenvalue weighted by atomic mass is 9.90. The Bertz CT molecular complexity index is 878. The average molecular weight is 351 g/mol. The molecule has 1 amide bonds. The van der Waals surface area contributed by atoms with E-state index in [4.69, 9.17) is 0 Å². The Kier molecular flexibility index (Phi) is 4.43. The number of aromatic nitrogens is 4. The molecule has 1 saturated heterocycles. The highest BCUT2D eigenvalue weighted by molar-refractivity contribution is 5.78. The zero-order valence-corrected chi connectivity index (χ0v) is 14.1. The summed E-state index contributed by atoms with van der Waals surface area (Å²) in [6.45, 7) is 1.22. The average Bonchev–Trinajstić information content (AvgIpc) is 3.13. The molecule has 7 heteroatoms. The third-order valence-electron chi connectivity index (χ3n) is 4.79. The number of hydrogen-bond acceptors (Lipinski definition) is 4. The normalized spacial score (nSPS) is 15.5. The van der Waals surface area contributed by atoms with E-state index >= 15 is 0 Å². The van der Waals surface area contributed by atoms with Gasteiger partial charge in [-0.1, -0.05) is 42.5 Å². The lowest BCUT2D eigenvalue weighted by Gasteiger charge is -2.40. The number of hydrogen-bond donors (Lipinski definition) is 0. The molecule has 0 aliphatic carbocycles. The minimum atomic E-state index is -0.244. The van der Waals surface area contributed by atoms with Gasteiger partial charge < -0.3 is 4.90 Å². The maximum absolute atomic E-state index is 13.4. The number of benzene rings is 2. The van der Waals surface area contributed by atoms with Gasteiger partial charge >= 0.3 is 0 Å². The van der Waals surface area contributed by atoms with Crippen molar-refractivity contribution in [3.8, 4) is 0 Å². The first-order chi connectivity index (χ1) is 12.7. The molecule has 3 aromatic rings. The lowest BCUT2D eigenvalue weighted by molar-refractivity contribution is -0.136. The summed E-state index contributed by atoms with van der Waals surface area (Å²) in [5.41, 5.74) is 1.92. The number of tetrazole rings is 1. The Labute approximate surface area is 150 Å². The molecule has 0 N–H and O–H groups in total. The van der Waals surface area contributed by atoms with Crippen LogP contribution in [0.1, 0.15) is 29.5 Å². The smallest absolute Gasteiger partial charge is 0.225 e. The van der Waals surface area contributed by atoms with Crippen molar-refractivity contribution in [1.29, 1.82) is 0 Å². The first-order valence-electron chi connectivity index (χ1n) is 8.51. The summed E-state index contributed by atoms with van der Waals surface area (Å²) in [5, 5.41) is 11.3. The zero-order chi connectivity index (χ0) is 17.9. The van der Waals surface area contributed by atoms with Crippen LogP contribution < -0.4 is 0 Å². The number of rotatable bonds is 5. The molecule has 1 aromatic heterocycles. The quantitative estimate of drug-likeness (QED) is 0.708. The molecule has 1 atom stereocenters. The third kappa shape index (κ3) is 3.33. The minimum Gasteiger partial charge on any atom is -0.341 e. The number of halogens is 1. The largest absolute Gasteiger partial charge is 0.341 e. The fourth-order valence-electron chi connectivity index (χ4n) is 3.30. The van der Waals surface area contributed by atoms with E-state index in [1.54, 1.807) is 21.7 Å². The molecule has 1 unspecified atom stereocenters. The van der Waals surface area contributed by atoms with E-state index in [2.05, 4.69) is 15.5 Å². The fraction of sp³-hybridized carbons (Fsp3) is 0.263. The van der Waals surface area contributed by atoms with Gasteiger partial charge in [0.1, 0.15) is 12.1 Å². The highest BCUT2D eigenvalue weighted by Crippen LogP contribution is 2.30. The molecule has 1 aliphatic rings. The predicted molar refractivity (Wildman–Crippen MR) is 92.7 cm³/mol. The molecular weight excluding hydrogens is 333 g/mol. The molecule has 6 nitrogen and oxygen atoms in total. The molecule has 2 heterocycles. The van der Waals surface area contributed by atoms with Crippen molar-refractivity contribution in [2.24, 2.45) is 0 Å². The molecule has 0 bridgehead atoms. The summed E-state index contributed by atoms with van der Waals surface area (Å²) >= 11 is 0. The van der Waals surface area contributed by atoms with Gasteiger partial charge in [-0.2, -0.15) is 0 Å². The molecule has 1 aliphatic heterocycles. The second kappa shape index (κ2) is 7.03. The van der Waals surface area contributed by atoms with Gasteiger partial charge in [-0.15, -0.1) is 5.10 Å². The predicted octanol–water partition coefficient (Wildman–Crippen LogP) is 2.42. The minimum absolute atomic E-state index is 0.0435. The molecule has 26 heavy (non-hydrogen) atoms. The summed E-state index contributed by atoms with van der Waals surface area (Å²) < 4.78 is 15.0. The van der Waals surface area contributed by atoms with Crippen LogP contribution in [0.5, 0.6) is 0 Å². The first-order valence-corrected chi connectivity index (χ1v) is 8.51. The molecule has 132 valence electrons. The second-order valence-electron chi connectivity index (χ2n) is 6.47. The fourth-order valence-corrected chi connectivity index (χ4v) is 3.30. The van der Waals surface area contributed by atoms with Crippen molar-refractivity contribution in [3.63, 3.8) is 0 Å². The van der Waals surface area contributed by atoms with Gasteiger partial charge in [0.25, 0.3) is 0 Å². The van der Waals surface area contributed by atoms with Crippen molar-refractivity contribution in [2.75, 3.05) is 13.1 Å². The number of amides is 1. The summed E-state index contributed by atoms with van der Waals surface area (Å²) in [6.07, 6.45) is 1.81. The van der Waals surface area contributed by atoms with Gasteiger partial charge in [-0.3, -0.25) is 4.79 Å². The van der Waals surface area contributed by atoms with Gasteiger partial charge in [0.15, 0.2) is 0 Å². The van der Waals surface area contributed by atoms with E-state index in [0.717, 1.165) is 11.1 Å². The van der Waals surface area contributed by atoms with Crippen molar-refractivity contribution >= 4 is 5.91 Å². The van der Waals surface area contributed by atoms with Crippen LogP contribution in [-0.2, 0) is 4.79 Å². The van der Waals surface area contributed by atoms with Crippen LogP contribution in [0.4, 0.5) is 4.39 Å². The molecule has 0 saturated carbocycles. The van der Waals surface area contributed by atoms with E-state index in [1.807, 2.05) is 36.4 Å². The number of nitrogens with zero attached hydrogens (tertiary/aromatic N) is 5. The van der Waals surface area contributed by atoms with Gasteiger partial charge in [0.05, 0.1) is 12.5 Å². The lowest BCUT2D eigenvalue weighted by Crippen LogP contribution is -2.49. The van der Waals surface area contributed by atoms with Crippen LogP contribution in [0.3, 0.4) is 0 Å². The number of likely N-dealkylation sites (tertiary alicyclic amines) is 1. The highest BCUT2D eigenvalue weighted by Gasteiger charge is 2.33. The Hall–Kier alpha value is -3.09. The van der Waals surface area contributed by atoms with Crippen LogP contribution in [0.15, 0.2) is 60.9 Å². The zero-order valence-electron chi connectivity index (χ0n) is 14.1. The Morgan fingerprint density at radius 2 is 1.96 bits per heavy atom. The molecular formula is C19H18FN5O. The molecule has 2 aromatic carbocycles. The van der Waals surface area contributed by atoms with Crippen molar-refractivity contribution in [1.82, 2.24) is 25.1 Å². The molecule has 0 spiro atoms. The Morgan fingerprint density at radius 3 is 2.65 bits per heavy atom. The summed E-state index contributed by atoms with van der Waals surface area (Å²) in [4.78, 5) is 14.5. The van der Waals surface area contributed by atoms with Gasteiger partial charge in [-0.05, 0) is 33.7 Å². The molecule has 1 fully saturated rings. The Balaban J connectivity index is 1.43.